The van der Waals surface area contributed by atoms with E-state index < -0.39 is 15.9 Å². The maximum Gasteiger partial charge on any atom is 0.243 e. The summed E-state index contributed by atoms with van der Waals surface area (Å²) in [6, 6.07) is 9.23. The molecule has 1 fully saturated rings. The van der Waals surface area contributed by atoms with Crippen LogP contribution < -0.4 is 10.1 Å². The van der Waals surface area contributed by atoms with Crippen molar-refractivity contribution < 1.29 is 17.9 Å². The fourth-order valence-electron chi connectivity index (χ4n) is 3.17. The molecule has 1 atom stereocenters. The Morgan fingerprint density at radius 1 is 1.17 bits per heavy atom. The second kappa shape index (κ2) is 9.10. The predicted octanol–water partition coefficient (Wildman–Crippen LogP) is 4.69. The molecule has 10 heteroatoms. The summed E-state index contributed by atoms with van der Waals surface area (Å²) in [6.45, 7) is 0.393. The molecule has 0 aromatic heterocycles. The number of ether oxygens (including phenoxy) is 1. The molecule has 1 aliphatic rings. The zero-order chi connectivity index (χ0) is 21.2. The number of rotatable bonds is 5. The summed E-state index contributed by atoms with van der Waals surface area (Å²) >= 11 is 18.2. The number of methoxy groups -OCH3 is 1. The van der Waals surface area contributed by atoms with Gasteiger partial charge in [-0.05, 0) is 43.2 Å². The van der Waals surface area contributed by atoms with Crippen molar-refractivity contribution in [3.05, 3.63) is 51.5 Å². The molecule has 1 saturated heterocycles. The van der Waals surface area contributed by atoms with Crippen molar-refractivity contribution in [2.45, 2.75) is 17.7 Å². The van der Waals surface area contributed by atoms with Crippen LogP contribution in [0.5, 0.6) is 5.75 Å². The first-order chi connectivity index (χ1) is 13.7. The van der Waals surface area contributed by atoms with E-state index in [0.29, 0.717) is 35.8 Å². The van der Waals surface area contributed by atoms with Gasteiger partial charge < -0.3 is 10.1 Å². The van der Waals surface area contributed by atoms with Crippen LogP contribution in [0.3, 0.4) is 0 Å². The molecule has 2 aromatic rings. The van der Waals surface area contributed by atoms with Gasteiger partial charge in [-0.1, -0.05) is 40.9 Å². The highest BCUT2D eigenvalue weighted by molar-refractivity contribution is 7.89. The molecule has 156 valence electrons. The topological polar surface area (TPSA) is 75.7 Å². The van der Waals surface area contributed by atoms with Crippen molar-refractivity contribution in [1.29, 1.82) is 0 Å². The Balaban J connectivity index is 1.76. The normalized spacial score (nSPS) is 17.7. The van der Waals surface area contributed by atoms with Crippen molar-refractivity contribution in [2.24, 2.45) is 5.92 Å². The summed E-state index contributed by atoms with van der Waals surface area (Å²) in [7, 11) is -2.34. The molecule has 0 saturated carbocycles. The Bertz CT molecular complexity index is 1030. The number of carbonyl (C=O) groups is 1. The summed E-state index contributed by atoms with van der Waals surface area (Å²) in [5, 5.41) is 3.52. The third-order valence-corrected chi connectivity index (χ3v) is 7.70. The van der Waals surface area contributed by atoms with E-state index >= 15 is 0 Å². The van der Waals surface area contributed by atoms with Gasteiger partial charge in [0.05, 0.1) is 38.7 Å². The lowest BCUT2D eigenvalue weighted by Crippen LogP contribution is -2.43. The van der Waals surface area contributed by atoms with E-state index in [2.05, 4.69) is 5.32 Å². The predicted molar refractivity (Wildman–Crippen MR) is 115 cm³/mol. The molecule has 0 bridgehead atoms. The van der Waals surface area contributed by atoms with Crippen LogP contribution in [-0.4, -0.2) is 38.8 Å². The summed E-state index contributed by atoms with van der Waals surface area (Å²) in [6.07, 6.45) is 1.13. The van der Waals surface area contributed by atoms with E-state index in [9.17, 15) is 13.2 Å². The molecule has 1 aliphatic heterocycles. The van der Waals surface area contributed by atoms with E-state index in [1.165, 1.54) is 29.6 Å². The van der Waals surface area contributed by atoms with Crippen LogP contribution in [0.1, 0.15) is 12.8 Å². The number of nitrogens with one attached hydrogen (secondary N) is 1. The van der Waals surface area contributed by atoms with Crippen LogP contribution in [0.4, 0.5) is 5.69 Å². The molecule has 1 N–H and O–H groups in total. The van der Waals surface area contributed by atoms with Crippen molar-refractivity contribution in [2.75, 3.05) is 25.5 Å². The number of hydrogen-bond donors (Lipinski definition) is 1. The van der Waals surface area contributed by atoms with Gasteiger partial charge in [0.2, 0.25) is 15.9 Å². The summed E-state index contributed by atoms with van der Waals surface area (Å²) < 4.78 is 32.4. The van der Waals surface area contributed by atoms with Gasteiger partial charge in [0.1, 0.15) is 5.75 Å². The first kappa shape index (κ1) is 22.2. The van der Waals surface area contributed by atoms with Gasteiger partial charge >= 0.3 is 0 Å². The molecule has 1 amide bonds. The maximum atomic E-state index is 13.0. The standard InChI is InChI=1S/C19H19Cl3N2O4S/c1-28-17-8-7-13(10-15(17)21)29(26,27)24-9-3-4-12(11-24)19(25)23-16-6-2-5-14(20)18(16)22/h2,5-8,10,12H,3-4,9,11H2,1H3,(H,23,25)/t12-/m1/s1. The fourth-order valence-corrected chi connectivity index (χ4v) is 5.39. The van der Waals surface area contributed by atoms with Gasteiger partial charge in [0, 0.05) is 13.1 Å². The van der Waals surface area contributed by atoms with E-state index in [0.717, 1.165) is 0 Å². The molecular formula is C19H19Cl3N2O4S. The minimum atomic E-state index is -3.80. The Hall–Kier alpha value is -1.51. The largest absolute Gasteiger partial charge is 0.495 e. The third kappa shape index (κ3) is 4.81. The lowest BCUT2D eigenvalue weighted by Gasteiger charge is -2.31. The molecule has 29 heavy (non-hydrogen) atoms. The van der Waals surface area contributed by atoms with Crippen LogP contribution in [0.15, 0.2) is 41.3 Å². The second-order valence-corrected chi connectivity index (χ2v) is 9.72. The van der Waals surface area contributed by atoms with Crippen molar-refractivity contribution >= 4 is 56.4 Å². The van der Waals surface area contributed by atoms with Crippen molar-refractivity contribution in [3.8, 4) is 5.75 Å². The lowest BCUT2D eigenvalue weighted by atomic mass is 9.99. The zero-order valence-corrected chi connectivity index (χ0v) is 18.6. The van der Waals surface area contributed by atoms with E-state index in [-0.39, 0.29) is 27.4 Å². The molecule has 6 nitrogen and oxygen atoms in total. The third-order valence-electron chi connectivity index (χ3n) is 4.73. The van der Waals surface area contributed by atoms with Crippen LogP contribution in [0.2, 0.25) is 15.1 Å². The Kier molecular flexibility index (Phi) is 6.96. The average Bonchev–Trinajstić information content (AvgIpc) is 2.71. The SMILES string of the molecule is COc1ccc(S(=O)(=O)N2CCC[C@@H](C(=O)Nc3cccc(Cl)c3Cl)C2)cc1Cl. The summed E-state index contributed by atoms with van der Waals surface area (Å²) in [5.74, 6) is -0.427. The van der Waals surface area contributed by atoms with Crippen molar-refractivity contribution in [1.82, 2.24) is 4.31 Å². The van der Waals surface area contributed by atoms with Gasteiger partial charge in [0.25, 0.3) is 0 Å². The van der Waals surface area contributed by atoms with Crippen LogP contribution in [-0.2, 0) is 14.8 Å². The number of nitrogens with zero attached hydrogens (tertiary/aromatic N) is 1. The highest BCUT2D eigenvalue weighted by Gasteiger charge is 2.33. The van der Waals surface area contributed by atoms with Crippen molar-refractivity contribution in [3.63, 3.8) is 0 Å². The number of amides is 1. The molecular weight excluding hydrogens is 459 g/mol. The van der Waals surface area contributed by atoms with Crippen LogP contribution >= 0.6 is 34.8 Å². The molecule has 3 rings (SSSR count). The minimum absolute atomic E-state index is 0.0576. The van der Waals surface area contributed by atoms with Gasteiger partial charge in [-0.2, -0.15) is 4.31 Å². The number of carbonyl (C=O) groups excluding carboxylic acids is 1. The maximum absolute atomic E-state index is 13.0. The second-order valence-electron chi connectivity index (χ2n) is 6.59. The molecule has 2 aromatic carbocycles. The number of halogens is 3. The molecule has 1 heterocycles. The van der Waals surface area contributed by atoms with Crippen LogP contribution in [0, 0.1) is 5.92 Å². The Morgan fingerprint density at radius 3 is 2.62 bits per heavy atom. The number of anilines is 1. The smallest absolute Gasteiger partial charge is 0.243 e. The van der Waals surface area contributed by atoms with Gasteiger partial charge in [-0.15, -0.1) is 0 Å². The Labute approximate surface area is 184 Å². The zero-order valence-electron chi connectivity index (χ0n) is 15.5. The molecule has 0 aliphatic carbocycles. The lowest BCUT2D eigenvalue weighted by molar-refractivity contribution is -0.120. The van der Waals surface area contributed by atoms with E-state index in [1.54, 1.807) is 18.2 Å². The number of benzene rings is 2. The van der Waals surface area contributed by atoms with Gasteiger partial charge in [-0.25, -0.2) is 8.42 Å². The molecule has 0 radical (unpaired) electrons. The highest BCUT2D eigenvalue weighted by Crippen LogP contribution is 2.32. The minimum Gasteiger partial charge on any atom is -0.495 e. The van der Waals surface area contributed by atoms with Gasteiger partial charge in [-0.3, -0.25) is 4.79 Å². The molecule has 0 spiro atoms. The number of sulfonamides is 1. The first-order valence-corrected chi connectivity index (χ1v) is 11.4. The fraction of sp³-hybridized carbons (Fsp3) is 0.316. The summed E-state index contributed by atoms with van der Waals surface area (Å²) in [4.78, 5) is 12.8. The number of hydrogen-bond acceptors (Lipinski definition) is 4. The van der Waals surface area contributed by atoms with Crippen LogP contribution in [0.25, 0.3) is 0 Å². The monoisotopic (exact) mass is 476 g/mol. The number of piperidine rings is 1. The average molecular weight is 478 g/mol. The molecule has 0 unspecified atom stereocenters. The van der Waals surface area contributed by atoms with E-state index in [1.807, 2.05) is 0 Å². The highest BCUT2D eigenvalue weighted by atomic mass is 35.5. The quantitative estimate of drug-likeness (QED) is 0.677. The van der Waals surface area contributed by atoms with E-state index in [4.69, 9.17) is 39.5 Å². The first-order valence-electron chi connectivity index (χ1n) is 8.82. The van der Waals surface area contributed by atoms with Gasteiger partial charge in [0.15, 0.2) is 0 Å². The summed E-state index contributed by atoms with van der Waals surface area (Å²) in [5.41, 5.74) is 0.395. The Morgan fingerprint density at radius 2 is 1.93 bits per heavy atom.